The van der Waals surface area contributed by atoms with Gasteiger partial charge in [0, 0.05) is 33.7 Å². The van der Waals surface area contributed by atoms with Crippen molar-refractivity contribution >= 4 is 79.9 Å². The topological polar surface area (TPSA) is 21.1 Å². The number of hydrogen-bond acceptors (Lipinski definition) is 2. The summed E-state index contributed by atoms with van der Waals surface area (Å²) in [5.74, 6) is 0.755. The molecule has 300 valence electrons. The highest BCUT2D eigenvalue weighted by Gasteiger charge is 2.42. The van der Waals surface area contributed by atoms with E-state index >= 15 is 0 Å². The van der Waals surface area contributed by atoms with Crippen molar-refractivity contribution in [1.29, 1.82) is 0 Å². The van der Waals surface area contributed by atoms with Gasteiger partial charge in [0.05, 0.1) is 29.3 Å². The maximum Gasteiger partial charge on any atom is 0.330 e. The van der Waals surface area contributed by atoms with E-state index in [0.717, 1.165) is 76.8 Å². The molecule has 2 aromatic heterocycles. The van der Waals surface area contributed by atoms with Crippen molar-refractivity contribution in [2.24, 2.45) is 0 Å². The maximum atomic E-state index is 9.58. The molecule has 3 nitrogen and oxygen atoms in total. The third-order valence-electron chi connectivity index (χ3n) is 12.8. The average Bonchev–Trinajstić information content (AvgIpc) is 3.75. The van der Waals surface area contributed by atoms with Gasteiger partial charge in [0.25, 0.3) is 0 Å². The lowest BCUT2D eigenvalue weighted by Gasteiger charge is -2.38. The standard InChI is InChI=1S/C59H42BN3Si/c1-5-23-44(24-6-1)60-54-36-17-13-32-50(54)51-33-16-20-39-58(51)63(60)59-42-45(62-56-37-18-14-34-52(56)53-35-15-19-38-57(53)62)41-55(61-59)43-22-21-31-49(40-43)64(46-25-7-2-8-26-46,47-27-9-3-10-28-47)48-29-11-4-12-30-48/h1-42H/i2D,7D,8D,25D,26D. The lowest BCUT2D eigenvalue weighted by Crippen LogP contribution is -2.74. The largest absolute Gasteiger partial charge is 0.361 e. The van der Waals surface area contributed by atoms with Crippen LogP contribution < -0.4 is 36.5 Å². The second-order valence-corrected chi connectivity index (χ2v) is 20.0. The molecule has 0 radical (unpaired) electrons. The van der Waals surface area contributed by atoms with Gasteiger partial charge >= 0.3 is 6.85 Å². The van der Waals surface area contributed by atoms with Crippen LogP contribution in [0.5, 0.6) is 0 Å². The molecule has 0 unspecified atom stereocenters. The molecule has 0 saturated heterocycles. The normalized spacial score (nSPS) is 13.4. The third kappa shape index (κ3) is 6.08. The SMILES string of the molecule is [2H]c1c([2H])c([2H])c([Si](c2ccccc2)(c2ccccc2)c2cccc(-c3cc(-n4c5ccccc5c5ccccc54)cc(N4B(c5ccccc5)c5ccccc5-c5ccccc54)n3)c2)c([2H])c1[2H]. The van der Waals surface area contributed by atoms with E-state index in [9.17, 15) is 2.74 Å². The van der Waals surface area contributed by atoms with Gasteiger partial charge in [0.15, 0.2) is 8.07 Å². The Morgan fingerprint density at radius 1 is 0.453 bits per heavy atom. The number of pyridine rings is 1. The number of anilines is 2. The molecule has 5 heteroatoms. The Balaban J connectivity index is 1.18. The molecule has 0 aliphatic carbocycles. The van der Waals surface area contributed by atoms with Gasteiger partial charge < -0.3 is 9.38 Å². The van der Waals surface area contributed by atoms with Crippen LogP contribution in [0.25, 0.3) is 49.9 Å². The summed E-state index contributed by atoms with van der Waals surface area (Å²) in [5, 5.41) is 5.26. The minimum absolute atomic E-state index is 0.199. The van der Waals surface area contributed by atoms with Crippen molar-refractivity contribution in [3.8, 4) is 28.1 Å². The van der Waals surface area contributed by atoms with Crippen molar-refractivity contribution in [3.63, 3.8) is 0 Å². The molecule has 1 aliphatic heterocycles. The molecule has 12 rings (SSSR count). The first-order chi connectivity index (χ1) is 33.8. The molecule has 3 heterocycles. The fourth-order valence-electron chi connectivity index (χ4n) is 10.2. The van der Waals surface area contributed by atoms with Crippen molar-refractivity contribution in [1.82, 2.24) is 9.55 Å². The smallest absolute Gasteiger partial charge is 0.330 e. The number of hydrogen-bond donors (Lipinski definition) is 0. The van der Waals surface area contributed by atoms with Crippen molar-refractivity contribution in [2.45, 2.75) is 0 Å². The molecule has 0 saturated carbocycles. The van der Waals surface area contributed by atoms with Gasteiger partial charge in [0.1, 0.15) is 5.82 Å². The Bertz CT molecular complexity index is 3650. The molecule has 1 aliphatic rings. The molecule has 0 amide bonds. The van der Waals surface area contributed by atoms with Crippen molar-refractivity contribution in [2.75, 3.05) is 4.81 Å². The number of nitrogens with zero attached hydrogens (tertiary/aromatic N) is 3. The predicted molar refractivity (Wildman–Crippen MR) is 273 cm³/mol. The van der Waals surface area contributed by atoms with Gasteiger partial charge in [-0.05, 0) is 56.0 Å². The second-order valence-electron chi connectivity index (χ2n) is 16.3. The summed E-state index contributed by atoms with van der Waals surface area (Å²) in [5.41, 5.74) is 10.3. The van der Waals surface area contributed by atoms with Gasteiger partial charge in [0.2, 0.25) is 0 Å². The van der Waals surface area contributed by atoms with E-state index in [0.29, 0.717) is 5.19 Å². The van der Waals surface area contributed by atoms with Gasteiger partial charge in [-0.15, -0.1) is 0 Å². The van der Waals surface area contributed by atoms with E-state index in [1.807, 2.05) is 66.7 Å². The van der Waals surface area contributed by atoms with E-state index in [2.05, 4.69) is 167 Å². The number of rotatable bonds is 8. The zero-order valence-corrected chi connectivity index (χ0v) is 35.8. The van der Waals surface area contributed by atoms with E-state index < -0.39 is 14.1 Å². The van der Waals surface area contributed by atoms with Crippen LogP contribution in [-0.2, 0) is 0 Å². The lowest BCUT2D eigenvalue weighted by molar-refractivity contribution is 1.14. The summed E-state index contributed by atoms with van der Waals surface area (Å²) in [7, 11) is -3.71. The molecule has 0 atom stereocenters. The van der Waals surface area contributed by atoms with Crippen LogP contribution >= 0.6 is 0 Å². The summed E-state index contributed by atoms with van der Waals surface area (Å²) in [6.45, 7) is -0.224. The Kier molecular flexibility index (Phi) is 8.03. The molecule has 64 heavy (non-hydrogen) atoms. The Labute approximate surface area is 382 Å². The molecule has 0 N–H and O–H groups in total. The fraction of sp³-hybridized carbons (Fsp3) is 0. The molecule has 0 fully saturated rings. The Hall–Kier alpha value is -7.99. The first kappa shape index (κ1) is 32.7. The van der Waals surface area contributed by atoms with Crippen LogP contribution in [0.2, 0.25) is 0 Å². The molecule has 0 spiro atoms. The highest BCUT2D eigenvalue weighted by Crippen LogP contribution is 2.41. The third-order valence-corrected chi connectivity index (χ3v) is 17.4. The van der Waals surface area contributed by atoms with Gasteiger partial charge in [-0.2, -0.15) is 0 Å². The van der Waals surface area contributed by atoms with Crippen molar-refractivity contribution < 1.29 is 6.85 Å². The Morgan fingerprint density at radius 2 is 1.02 bits per heavy atom. The first-order valence-corrected chi connectivity index (χ1v) is 23.7. The molecule has 11 aromatic rings. The first-order valence-electron chi connectivity index (χ1n) is 24.2. The summed E-state index contributed by atoms with van der Waals surface area (Å²) < 4.78 is 48.1. The number of para-hydroxylation sites is 3. The summed E-state index contributed by atoms with van der Waals surface area (Å²) in [6.07, 6.45) is 0. The predicted octanol–water partition coefficient (Wildman–Crippen LogP) is 10.1. The fourth-order valence-corrected chi connectivity index (χ4v) is 14.6. The van der Waals surface area contributed by atoms with Crippen LogP contribution in [0.1, 0.15) is 6.85 Å². The van der Waals surface area contributed by atoms with Crippen LogP contribution in [-0.4, -0.2) is 24.5 Å². The van der Waals surface area contributed by atoms with Crippen LogP contribution in [0.3, 0.4) is 0 Å². The minimum atomic E-state index is -3.71. The average molecular weight is 837 g/mol. The Morgan fingerprint density at radius 3 is 1.70 bits per heavy atom. The van der Waals surface area contributed by atoms with E-state index in [1.54, 1.807) is 0 Å². The molecular weight excluding hydrogens is 790 g/mol. The number of aromatic nitrogens is 2. The second kappa shape index (κ2) is 15.7. The van der Waals surface area contributed by atoms with Gasteiger partial charge in [-0.3, -0.25) is 0 Å². The van der Waals surface area contributed by atoms with Crippen LogP contribution in [0.4, 0.5) is 11.5 Å². The highest BCUT2D eigenvalue weighted by atomic mass is 28.3. The highest BCUT2D eigenvalue weighted by molar-refractivity contribution is 7.19. The van der Waals surface area contributed by atoms with E-state index in [4.69, 9.17) is 9.10 Å². The van der Waals surface area contributed by atoms with E-state index in [1.165, 1.54) is 11.0 Å². The lowest BCUT2D eigenvalue weighted by atomic mass is 9.46. The quantitative estimate of drug-likeness (QED) is 0.112. The monoisotopic (exact) mass is 836 g/mol. The number of benzene rings is 9. The summed E-state index contributed by atoms with van der Waals surface area (Å²) in [4.78, 5) is 8.12. The molecule has 9 aromatic carbocycles. The maximum absolute atomic E-state index is 9.58. The number of fused-ring (bicyclic) bond motifs is 6. The zero-order chi connectivity index (χ0) is 46.8. The minimum Gasteiger partial charge on any atom is -0.361 e. The summed E-state index contributed by atoms with van der Waals surface area (Å²) >= 11 is 0. The van der Waals surface area contributed by atoms with Gasteiger partial charge in [-0.1, -0.05) is 230 Å². The van der Waals surface area contributed by atoms with Gasteiger partial charge in [-0.25, -0.2) is 4.98 Å². The van der Waals surface area contributed by atoms with Crippen LogP contribution in [0.15, 0.2) is 255 Å². The zero-order valence-electron chi connectivity index (χ0n) is 39.8. The molecular formula is C59H42BN3Si. The van der Waals surface area contributed by atoms with E-state index in [-0.39, 0.29) is 31.0 Å². The van der Waals surface area contributed by atoms with Crippen molar-refractivity contribution in [3.05, 3.63) is 255 Å². The van der Waals surface area contributed by atoms with Crippen LogP contribution in [0, 0.1) is 0 Å². The molecule has 0 bridgehead atoms. The summed E-state index contributed by atoms with van der Waals surface area (Å²) in [6, 6.07) is 76.1.